The Morgan fingerprint density at radius 1 is 1.33 bits per heavy atom. The van der Waals surface area contributed by atoms with Crippen molar-refractivity contribution in [3.05, 3.63) is 45.4 Å². The van der Waals surface area contributed by atoms with Crippen LogP contribution in [-0.2, 0) is 11.2 Å². The summed E-state index contributed by atoms with van der Waals surface area (Å²) in [7, 11) is 0. The number of rotatable bonds is 3. The zero-order chi connectivity index (χ0) is 16.5. The number of carbonyl (C=O) groups excluding carboxylic acids is 1. The van der Waals surface area contributed by atoms with Gasteiger partial charge in [0.2, 0.25) is 5.91 Å². The van der Waals surface area contributed by atoms with Crippen LogP contribution in [0.3, 0.4) is 0 Å². The van der Waals surface area contributed by atoms with Gasteiger partial charge >= 0.3 is 0 Å². The van der Waals surface area contributed by atoms with Gasteiger partial charge in [0.05, 0.1) is 32.3 Å². The molecule has 3 aromatic rings. The minimum atomic E-state index is 0.186. The monoisotopic (exact) mass is 357 g/mol. The Morgan fingerprint density at radius 3 is 3.00 bits per heavy atom. The van der Waals surface area contributed by atoms with Gasteiger partial charge in [-0.05, 0) is 31.9 Å². The number of para-hydroxylation sites is 1. The molecule has 0 aliphatic carbocycles. The number of thiazole rings is 2. The number of likely N-dealkylation sites (tertiary alicyclic amines) is 1. The van der Waals surface area contributed by atoms with E-state index in [1.807, 2.05) is 23.3 Å². The molecule has 1 aliphatic rings. The molecule has 0 radical (unpaired) electrons. The Hall–Kier alpha value is -1.79. The molecule has 0 N–H and O–H groups in total. The largest absolute Gasteiger partial charge is 0.342 e. The van der Waals surface area contributed by atoms with Gasteiger partial charge in [-0.25, -0.2) is 9.97 Å². The SMILES string of the molecule is Cc1nc(CC(=O)N2CCCC(c3nc4ccccc4s3)C2)cs1. The first-order valence-corrected chi connectivity index (χ1v) is 9.93. The van der Waals surface area contributed by atoms with Crippen molar-refractivity contribution in [1.29, 1.82) is 0 Å². The first-order chi connectivity index (χ1) is 11.7. The average Bonchev–Trinajstić information content (AvgIpc) is 3.21. The molecule has 1 unspecified atom stereocenters. The number of aromatic nitrogens is 2. The maximum Gasteiger partial charge on any atom is 0.228 e. The molecular weight excluding hydrogens is 338 g/mol. The molecule has 2 aromatic heterocycles. The normalized spacial score (nSPS) is 18.2. The second-order valence-electron chi connectivity index (χ2n) is 6.23. The van der Waals surface area contributed by atoms with E-state index in [-0.39, 0.29) is 5.91 Å². The predicted octanol–water partition coefficient (Wildman–Crippen LogP) is 4.01. The lowest BCUT2D eigenvalue weighted by molar-refractivity contribution is -0.131. The number of hydrogen-bond acceptors (Lipinski definition) is 5. The Balaban J connectivity index is 1.47. The molecule has 124 valence electrons. The molecule has 1 saturated heterocycles. The summed E-state index contributed by atoms with van der Waals surface area (Å²) in [5.74, 6) is 0.545. The number of piperidine rings is 1. The number of nitrogens with zero attached hydrogens (tertiary/aromatic N) is 3. The number of aryl methyl sites for hydroxylation is 1. The van der Waals surface area contributed by atoms with Crippen molar-refractivity contribution in [3.8, 4) is 0 Å². The van der Waals surface area contributed by atoms with E-state index < -0.39 is 0 Å². The molecule has 1 atom stereocenters. The second kappa shape index (κ2) is 6.61. The van der Waals surface area contributed by atoms with Crippen molar-refractivity contribution in [3.63, 3.8) is 0 Å². The van der Waals surface area contributed by atoms with Gasteiger partial charge in [-0.3, -0.25) is 4.79 Å². The molecule has 6 heteroatoms. The average molecular weight is 358 g/mol. The van der Waals surface area contributed by atoms with Crippen LogP contribution in [0.4, 0.5) is 0 Å². The molecule has 0 bridgehead atoms. The molecule has 0 spiro atoms. The van der Waals surface area contributed by atoms with Crippen LogP contribution in [0.2, 0.25) is 0 Å². The highest BCUT2D eigenvalue weighted by atomic mass is 32.1. The first-order valence-electron chi connectivity index (χ1n) is 8.23. The van der Waals surface area contributed by atoms with E-state index in [2.05, 4.69) is 23.2 Å². The first kappa shape index (κ1) is 15.7. The summed E-state index contributed by atoms with van der Waals surface area (Å²) in [6.45, 7) is 3.60. The minimum absolute atomic E-state index is 0.186. The minimum Gasteiger partial charge on any atom is -0.342 e. The van der Waals surface area contributed by atoms with Crippen LogP contribution in [0.1, 0.15) is 34.5 Å². The highest BCUT2D eigenvalue weighted by molar-refractivity contribution is 7.18. The zero-order valence-electron chi connectivity index (χ0n) is 13.6. The maximum atomic E-state index is 12.6. The number of hydrogen-bond donors (Lipinski definition) is 0. The number of benzene rings is 1. The third-order valence-corrected chi connectivity index (χ3v) is 6.45. The van der Waals surface area contributed by atoms with Crippen molar-refractivity contribution in [2.75, 3.05) is 13.1 Å². The molecule has 1 amide bonds. The molecule has 3 heterocycles. The molecule has 0 saturated carbocycles. The van der Waals surface area contributed by atoms with E-state index in [1.165, 1.54) is 9.71 Å². The fourth-order valence-corrected chi connectivity index (χ4v) is 4.93. The van der Waals surface area contributed by atoms with E-state index in [0.29, 0.717) is 12.3 Å². The number of fused-ring (bicyclic) bond motifs is 1. The Labute approximate surface area is 149 Å². The maximum absolute atomic E-state index is 12.6. The fraction of sp³-hybridized carbons (Fsp3) is 0.389. The lowest BCUT2D eigenvalue weighted by atomic mass is 9.98. The van der Waals surface area contributed by atoms with Crippen LogP contribution < -0.4 is 0 Å². The van der Waals surface area contributed by atoms with Crippen LogP contribution in [0.25, 0.3) is 10.2 Å². The third-order valence-electron chi connectivity index (χ3n) is 4.43. The van der Waals surface area contributed by atoms with Crippen molar-refractivity contribution < 1.29 is 4.79 Å². The van der Waals surface area contributed by atoms with E-state index in [0.717, 1.165) is 42.1 Å². The van der Waals surface area contributed by atoms with Crippen molar-refractivity contribution in [2.24, 2.45) is 0 Å². The lowest BCUT2D eigenvalue weighted by Crippen LogP contribution is -2.40. The summed E-state index contributed by atoms with van der Waals surface area (Å²) in [5.41, 5.74) is 1.96. The smallest absolute Gasteiger partial charge is 0.228 e. The van der Waals surface area contributed by atoms with Crippen LogP contribution in [0, 0.1) is 6.92 Å². The van der Waals surface area contributed by atoms with Gasteiger partial charge in [0, 0.05) is 24.4 Å². The van der Waals surface area contributed by atoms with Crippen molar-refractivity contribution >= 4 is 38.8 Å². The Kier molecular flexibility index (Phi) is 4.33. The van der Waals surface area contributed by atoms with Gasteiger partial charge in [0.25, 0.3) is 0 Å². The highest BCUT2D eigenvalue weighted by Gasteiger charge is 2.27. The third kappa shape index (κ3) is 3.21. The highest BCUT2D eigenvalue weighted by Crippen LogP contribution is 2.33. The topological polar surface area (TPSA) is 46.1 Å². The summed E-state index contributed by atoms with van der Waals surface area (Å²) < 4.78 is 1.23. The molecule has 4 nitrogen and oxygen atoms in total. The molecular formula is C18H19N3OS2. The summed E-state index contributed by atoms with van der Waals surface area (Å²) in [6, 6.07) is 8.26. The summed E-state index contributed by atoms with van der Waals surface area (Å²) in [4.78, 5) is 23.8. The van der Waals surface area contributed by atoms with Gasteiger partial charge < -0.3 is 4.90 Å². The standard InChI is InChI=1S/C18H19N3OS2/c1-12-19-14(11-23-12)9-17(22)21-8-4-5-13(10-21)18-20-15-6-2-3-7-16(15)24-18/h2-3,6-7,11,13H,4-5,8-10H2,1H3. The van der Waals surface area contributed by atoms with Crippen LogP contribution in [0.15, 0.2) is 29.6 Å². The molecule has 1 fully saturated rings. The van der Waals surface area contributed by atoms with Gasteiger partial charge in [-0.2, -0.15) is 0 Å². The Bertz CT molecular complexity index is 837. The molecule has 4 rings (SSSR count). The molecule has 24 heavy (non-hydrogen) atoms. The number of amides is 1. The second-order valence-corrected chi connectivity index (χ2v) is 8.36. The van der Waals surface area contributed by atoms with Gasteiger partial charge in [0.15, 0.2) is 0 Å². The van der Waals surface area contributed by atoms with Gasteiger partial charge in [0.1, 0.15) is 0 Å². The summed E-state index contributed by atoms with van der Waals surface area (Å²) >= 11 is 3.37. The van der Waals surface area contributed by atoms with Crippen LogP contribution >= 0.6 is 22.7 Å². The summed E-state index contributed by atoms with van der Waals surface area (Å²) in [5, 5.41) is 4.17. The van der Waals surface area contributed by atoms with Crippen LogP contribution in [-0.4, -0.2) is 33.9 Å². The van der Waals surface area contributed by atoms with E-state index in [9.17, 15) is 4.79 Å². The van der Waals surface area contributed by atoms with E-state index in [1.54, 1.807) is 22.7 Å². The fourth-order valence-electron chi connectivity index (χ4n) is 3.23. The van der Waals surface area contributed by atoms with Gasteiger partial charge in [-0.15, -0.1) is 22.7 Å². The summed E-state index contributed by atoms with van der Waals surface area (Å²) in [6.07, 6.45) is 2.57. The predicted molar refractivity (Wildman–Crippen MR) is 98.7 cm³/mol. The molecule has 1 aromatic carbocycles. The van der Waals surface area contributed by atoms with Gasteiger partial charge in [-0.1, -0.05) is 12.1 Å². The Morgan fingerprint density at radius 2 is 2.21 bits per heavy atom. The lowest BCUT2D eigenvalue weighted by Gasteiger charge is -2.31. The number of carbonyl (C=O) groups is 1. The van der Waals surface area contributed by atoms with E-state index >= 15 is 0 Å². The van der Waals surface area contributed by atoms with Crippen LogP contribution in [0.5, 0.6) is 0 Å². The van der Waals surface area contributed by atoms with E-state index in [4.69, 9.17) is 4.98 Å². The van der Waals surface area contributed by atoms with Crippen molar-refractivity contribution in [2.45, 2.75) is 32.1 Å². The molecule has 1 aliphatic heterocycles. The zero-order valence-corrected chi connectivity index (χ0v) is 15.2. The quantitative estimate of drug-likeness (QED) is 0.711. The van der Waals surface area contributed by atoms with Crippen molar-refractivity contribution in [1.82, 2.24) is 14.9 Å².